The molecule has 0 bridgehead atoms. The number of rotatable bonds is 6. The third-order valence-corrected chi connectivity index (χ3v) is 3.07. The van der Waals surface area contributed by atoms with Gasteiger partial charge in [0.2, 0.25) is 0 Å². The van der Waals surface area contributed by atoms with E-state index in [1.165, 1.54) is 5.56 Å². The molecular formula is C17H18ClNO. The van der Waals surface area contributed by atoms with Crippen molar-refractivity contribution in [1.29, 1.82) is 0 Å². The SMILES string of the molecule is CNCc1cc(Cl)ccc1OC/C=C/c1ccccc1. The molecule has 20 heavy (non-hydrogen) atoms. The van der Waals surface area contributed by atoms with Crippen LogP contribution in [0.5, 0.6) is 5.75 Å². The van der Waals surface area contributed by atoms with Gasteiger partial charge in [-0.1, -0.05) is 48.0 Å². The molecule has 0 saturated carbocycles. The summed E-state index contributed by atoms with van der Waals surface area (Å²) < 4.78 is 5.78. The number of halogens is 1. The van der Waals surface area contributed by atoms with Crippen molar-refractivity contribution in [2.24, 2.45) is 0 Å². The predicted molar refractivity (Wildman–Crippen MR) is 85.2 cm³/mol. The molecule has 0 saturated heterocycles. The topological polar surface area (TPSA) is 21.3 Å². The van der Waals surface area contributed by atoms with Gasteiger partial charge in [-0.2, -0.15) is 0 Å². The minimum absolute atomic E-state index is 0.535. The molecule has 0 aliphatic heterocycles. The van der Waals surface area contributed by atoms with Gasteiger partial charge in [-0.05, 0) is 36.9 Å². The van der Waals surface area contributed by atoms with E-state index in [0.717, 1.165) is 22.9 Å². The van der Waals surface area contributed by atoms with E-state index in [1.807, 2.05) is 55.6 Å². The van der Waals surface area contributed by atoms with Gasteiger partial charge in [0, 0.05) is 17.1 Å². The highest BCUT2D eigenvalue weighted by molar-refractivity contribution is 6.30. The van der Waals surface area contributed by atoms with Gasteiger partial charge in [-0.25, -0.2) is 0 Å². The first-order valence-corrected chi connectivity index (χ1v) is 6.95. The van der Waals surface area contributed by atoms with Crippen molar-refractivity contribution in [1.82, 2.24) is 5.32 Å². The number of benzene rings is 2. The van der Waals surface area contributed by atoms with E-state index in [4.69, 9.17) is 16.3 Å². The quantitative estimate of drug-likeness (QED) is 0.862. The van der Waals surface area contributed by atoms with Crippen LogP contribution in [0.4, 0.5) is 0 Å². The molecule has 0 aliphatic rings. The molecular weight excluding hydrogens is 270 g/mol. The molecule has 0 fully saturated rings. The van der Waals surface area contributed by atoms with Gasteiger partial charge >= 0.3 is 0 Å². The van der Waals surface area contributed by atoms with Crippen LogP contribution in [-0.4, -0.2) is 13.7 Å². The molecule has 104 valence electrons. The van der Waals surface area contributed by atoms with E-state index in [1.54, 1.807) is 0 Å². The fraction of sp³-hybridized carbons (Fsp3) is 0.176. The lowest BCUT2D eigenvalue weighted by molar-refractivity contribution is 0.358. The standard InChI is InChI=1S/C17H18ClNO/c1-19-13-15-12-16(18)9-10-17(15)20-11-5-8-14-6-3-2-4-7-14/h2-10,12,19H,11,13H2,1H3/b8-5+. The summed E-state index contributed by atoms with van der Waals surface area (Å²) >= 11 is 6.00. The Bertz CT molecular complexity index is 566. The molecule has 0 heterocycles. The van der Waals surface area contributed by atoms with Crippen LogP contribution in [0.3, 0.4) is 0 Å². The molecule has 0 aliphatic carbocycles. The van der Waals surface area contributed by atoms with Gasteiger partial charge in [0.05, 0.1) is 0 Å². The van der Waals surface area contributed by atoms with Gasteiger partial charge in [0.25, 0.3) is 0 Å². The summed E-state index contributed by atoms with van der Waals surface area (Å²) in [6, 6.07) is 15.8. The maximum Gasteiger partial charge on any atom is 0.124 e. The Kier molecular flexibility index (Phi) is 5.66. The summed E-state index contributed by atoms with van der Waals surface area (Å²) in [5.41, 5.74) is 2.23. The zero-order valence-corrected chi connectivity index (χ0v) is 12.2. The Morgan fingerprint density at radius 1 is 1.15 bits per heavy atom. The van der Waals surface area contributed by atoms with Crippen LogP contribution in [0.15, 0.2) is 54.6 Å². The number of hydrogen-bond donors (Lipinski definition) is 1. The van der Waals surface area contributed by atoms with E-state index in [9.17, 15) is 0 Å². The van der Waals surface area contributed by atoms with Gasteiger partial charge in [0.1, 0.15) is 12.4 Å². The first-order chi connectivity index (χ1) is 9.79. The molecule has 2 aromatic rings. The third kappa shape index (κ3) is 4.41. The van der Waals surface area contributed by atoms with Gasteiger partial charge in [-0.15, -0.1) is 0 Å². The molecule has 0 aromatic heterocycles. The molecule has 3 heteroatoms. The molecule has 2 aromatic carbocycles. The van der Waals surface area contributed by atoms with E-state index >= 15 is 0 Å². The third-order valence-electron chi connectivity index (χ3n) is 2.83. The average molecular weight is 288 g/mol. The predicted octanol–water partition coefficient (Wildman–Crippen LogP) is 4.15. The fourth-order valence-electron chi connectivity index (χ4n) is 1.90. The normalized spacial score (nSPS) is 10.9. The Labute approximate surface area is 125 Å². The molecule has 2 nitrogen and oxygen atoms in total. The van der Waals surface area contributed by atoms with Crippen molar-refractivity contribution in [3.8, 4) is 5.75 Å². The first kappa shape index (κ1) is 14.6. The van der Waals surface area contributed by atoms with Crippen molar-refractivity contribution >= 4 is 17.7 Å². The van der Waals surface area contributed by atoms with E-state index < -0.39 is 0 Å². The number of hydrogen-bond acceptors (Lipinski definition) is 2. The highest BCUT2D eigenvalue weighted by Crippen LogP contribution is 2.22. The van der Waals surface area contributed by atoms with Crippen molar-refractivity contribution < 1.29 is 4.74 Å². The maximum absolute atomic E-state index is 6.00. The molecule has 0 amide bonds. The minimum Gasteiger partial charge on any atom is -0.489 e. The van der Waals surface area contributed by atoms with Crippen LogP contribution < -0.4 is 10.1 Å². The van der Waals surface area contributed by atoms with Crippen LogP contribution in [0.2, 0.25) is 5.02 Å². The van der Waals surface area contributed by atoms with E-state index in [-0.39, 0.29) is 0 Å². The lowest BCUT2D eigenvalue weighted by Gasteiger charge is -2.10. The summed E-state index contributed by atoms with van der Waals surface area (Å²) in [6.07, 6.45) is 4.06. The first-order valence-electron chi connectivity index (χ1n) is 6.57. The van der Waals surface area contributed by atoms with Crippen molar-refractivity contribution in [3.63, 3.8) is 0 Å². The summed E-state index contributed by atoms with van der Waals surface area (Å²) in [4.78, 5) is 0. The largest absolute Gasteiger partial charge is 0.489 e. The molecule has 0 unspecified atom stereocenters. The second-order valence-corrected chi connectivity index (χ2v) is 4.84. The summed E-state index contributed by atoms with van der Waals surface area (Å²) in [7, 11) is 1.90. The molecule has 1 N–H and O–H groups in total. The second-order valence-electron chi connectivity index (χ2n) is 4.41. The summed E-state index contributed by atoms with van der Waals surface area (Å²) in [5.74, 6) is 0.862. The van der Waals surface area contributed by atoms with E-state index in [2.05, 4.69) is 17.4 Å². The van der Waals surface area contributed by atoms with Crippen molar-refractivity contribution in [2.75, 3.05) is 13.7 Å². The molecule has 2 rings (SSSR count). The molecule has 0 spiro atoms. The Morgan fingerprint density at radius 3 is 2.70 bits per heavy atom. The van der Waals surface area contributed by atoms with Crippen molar-refractivity contribution in [2.45, 2.75) is 6.54 Å². The maximum atomic E-state index is 6.00. The molecule has 0 atom stereocenters. The lowest BCUT2D eigenvalue weighted by atomic mass is 10.2. The Balaban J connectivity index is 1.95. The van der Waals surface area contributed by atoms with Gasteiger partial charge in [0.15, 0.2) is 0 Å². The summed E-state index contributed by atoms with van der Waals surface area (Å²) in [5, 5.41) is 3.84. The zero-order valence-electron chi connectivity index (χ0n) is 11.5. The average Bonchev–Trinajstić information content (AvgIpc) is 2.47. The highest BCUT2D eigenvalue weighted by Gasteiger charge is 2.03. The van der Waals surface area contributed by atoms with Crippen LogP contribution in [0.1, 0.15) is 11.1 Å². The van der Waals surface area contributed by atoms with Gasteiger partial charge < -0.3 is 10.1 Å². The molecule has 0 radical (unpaired) electrons. The van der Waals surface area contributed by atoms with Crippen molar-refractivity contribution in [3.05, 3.63) is 70.8 Å². The van der Waals surface area contributed by atoms with Crippen LogP contribution >= 0.6 is 11.6 Å². The number of nitrogens with one attached hydrogen (secondary N) is 1. The zero-order chi connectivity index (χ0) is 14.2. The fourth-order valence-corrected chi connectivity index (χ4v) is 2.10. The monoisotopic (exact) mass is 287 g/mol. The Morgan fingerprint density at radius 2 is 1.95 bits per heavy atom. The lowest BCUT2D eigenvalue weighted by Crippen LogP contribution is -2.07. The second kappa shape index (κ2) is 7.73. The minimum atomic E-state index is 0.535. The van der Waals surface area contributed by atoms with Gasteiger partial charge in [-0.3, -0.25) is 0 Å². The smallest absolute Gasteiger partial charge is 0.124 e. The summed E-state index contributed by atoms with van der Waals surface area (Å²) in [6.45, 7) is 1.27. The van der Waals surface area contributed by atoms with Crippen LogP contribution in [0, 0.1) is 0 Å². The highest BCUT2D eigenvalue weighted by atomic mass is 35.5. The number of ether oxygens (including phenoxy) is 1. The van der Waals surface area contributed by atoms with Crippen LogP contribution in [-0.2, 0) is 6.54 Å². The van der Waals surface area contributed by atoms with Crippen LogP contribution in [0.25, 0.3) is 6.08 Å². The van der Waals surface area contributed by atoms with E-state index in [0.29, 0.717) is 6.61 Å². The Hall–Kier alpha value is -1.77.